The molecule has 2 aliphatic heterocycles. The normalized spacial score (nSPS) is 20.9. The molecule has 1 aromatic carbocycles. The van der Waals surface area contributed by atoms with Gasteiger partial charge in [-0.05, 0) is 30.5 Å². The van der Waals surface area contributed by atoms with E-state index in [2.05, 4.69) is 0 Å². The van der Waals surface area contributed by atoms with Crippen LogP contribution in [0, 0.1) is 0 Å². The number of aliphatic hydroxyl groups is 1. The molecule has 5 nitrogen and oxygen atoms in total. The highest BCUT2D eigenvalue weighted by Gasteiger charge is 2.21. The maximum atomic E-state index is 11.2. The molecule has 2 aliphatic rings. The summed E-state index contributed by atoms with van der Waals surface area (Å²) in [7, 11) is 0. The van der Waals surface area contributed by atoms with E-state index in [-0.39, 0.29) is 18.7 Å². The van der Waals surface area contributed by atoms with Crippen LogP contribution in [0.4, 0.5) is 0 Å². The smallest absolute Gasteiger partial charge is 0.334 e. The molecule has 0 fully saturated rings. The molecule has 0 saturated heterocycles. The second-order valence-electron chi connectivity index (χ2n) is 4.62. The summed E-state index contributed by atoms with van der Waals surface area (Å²) in [6.45, 7) is 0.262. The van der Waals surface area contributed by atoms with Gasteiger partial charge in [0.1, 0.15) is 11.9 Å². The van der Waals surface area contributed by atoms with Crippen LogP contribution in [0.5, 0.6) is 11.5 Å². The Morgan fingerprint density at radius 2 is 2.11 bits per heavy atom. The van der Waals surface area contributed by atoms with Gasteiger partial charge in [0.15, 0.2) is 11.5 Å². The highest BCUT2D eigenvalue weighted by atomic mass is 16.7. The van der Waals surface area contributed by atoms with E-state index < -0.39 is 5.97 Å². The number of carbonyl (C=O) groups excluding carboxylic acids is 1. The molecule has 0 radical (unpaired) electrons. The summed E-state index contributed by atoms with van der Waals surface area (Å²) < 4.78 is 15.7. The summed E-state index contributed by atoms with van der Waals surface area (Å²) in [4.78, 5) is 11.2. The highest BCUT2D eigenvalue weighted by Crippen LogP contribution is 2.33. The van der Waals surface area contributed by atoms with Crippen molar-refractivity contribution in [2.24, 2.45) is 0 Å². The van der Waals surface area contributed by atoms with Gasteiger partial charge in [-0.1, -0.05) is 6.07 Å². The van der Waals surface area contributed by atoms with Crippen LogP contribution in [-0.4, -0.2) is 24.0 Å². The first-order chi connectivity index (χ1) is 9.20. The first-order valence-corrected chi connectivity index (χ1v) is 6.19. The molecule has 1 atom stereocenters. The number of hydrogen-bond acceptors (Lipinski definition) is 5. The van der Waals surface area contributed by atoms with E-state index in [1.807, 2.05) is 18.2 Å². The van der Waals surface area contributed by atoms with Gasteiger partial charge in [0.25, 0.3) is 0 Å². The maximum Gasteiger partial charge on any atom is 0.334 e. The minimum atomic E-state index is -0.473. The van der Waals surface area contributed by atoms with Crippen molar-refractivity contribution < 1.29 is 24.1 Å². The molecule has 5 heteroatoms. The Bertz CT molecular complexity index is 535. The van der Waals surface area contributed by atoms with Crippen LogP contribution in [0.25, 0.3) is 0 Å². The SMILES string of the molecule is O=C1C=C(O)CC(CCc2ccc3c(c2)OCO3)O1. The number of aliphatic hydroxyl groups excluding tert-OH is 1. The zero-order chi connectivity index (χ0) is 13.2. The van der Waals surface area contributed by atoms with Crippen molar-refractivity contribution in [3.05, 3.63) is 35.6 Å². The van der Waals surface area contributed by atoms with Crippen LogP contribution >= 0.6 is 0 Å². The molecule has 0 spiro atoms. The third-order valence-electron chi connectivity index (χ3n) is 3.20. The molecule has 0 saturated carbocycles. The van der Waals surface area contributed by atoms with Gasteiger partial charge in [-0.3, -0.25) is 0 Å². The van der Waals surface area contributed by atoms with Gasteiger partial charge in [-0.25, -0.2) is 4.79 Å². The predicted molar refractivity (Wildman–Crippen MR) is 66.1 cm³/mol. The number of aryl methyl sites for hydroxylation is 1. The maximum absolute atomic E-state index is 11.2. The average Bonchev–Trinajstić information content (AvgIpc) is 2.82. The minimum Gasteiger partial charge on any atom is -0.512 e. The molecular weight excluding hydrogens is 248 g/mol. The number of rotatable bonds is 3. The van der Waals surface area contributed by atoms with E-state index in [4.69, 9.17) is 14.2 Å². The second kappa shape index (κ2) is 4.84. The lowest BCUT2D eigenvalue weighted by molar-refractivity contribution is -0.145. The standard InChI is InChI=1S/C14H14O5/c15-10-6-11(19-14(16)7-10)3-1-9-2-4-12-13(5-9)18-8-17-12/h2,4-5,7,11,15H,1,3,6,8H2. The number of cyclic esters (lactones) is 1. The van der Waals surface area contributed by atoms with E-state index in [0.717, 1.165) is 29.6 Å². The lowest BCUT2D eigenvalue weighted by Gasteiger charge is -2.20. The van der Waals surface area contributed by atoms with Gasteiger partial charge in [-0.2, -0.15) is 0 Å². The summed E-state index contributed by atoms with van der Waals surface area (Å²) >= 11 is 0. The topological polar surface area (TPSA) is 65.0 Å². The molecule has 2 heterocycles. The molecule has 0 amide bonds. The summed E-state index contributed by atoms with van der Waals surface area (Å²) in [5.74, 6) is 1.13. The van der Waals surface area contributed by atoms with Crippen LogP contribution in [0.1, 0.15) is 18.4 Å². The zero-order valence-corrected chi connectivity index (χ0v) is 10.3. The fraction of sp³-hybridized carbons (Fsp3) is 0.357. The average molecular weight is 262 g/mol. The van der Waals surface area contributed by atoms with Crippen LogP contribution in [0.2, 0.25) is 0 Å². The molecule has 1 N–H and O–H groups in total. The summed E-state index contributed by atoms with van der Waals surface area (Å²) in [5, 5.41) is 9.40. The third kappa shape index (κ3) is 2.65. The molecule has 0 bridgehead atoms. The van der Waals surface area contributed by atoms with Crippen molar-refractivity contribution in [3.63, 3.8) is 0 Å². The van der Waals surface area contributed by atoms with Gasteiger partial charge in [0.2, 0.25) is 6.79 Å². The number of esters is 1. The molecule has 1 aromatic rings. The van der Waals surface area contributed by atoms with Gasteiger partial charge in [-0.15, -0.1) is 0 Å². The van der Waals surface area contributed by atoms with Gasteiger partial charge in [0.05, 0.1) is 6.08 Å². The van der Waals surface area contributed by atoms with E-state index in [1.54, 1.807) is 0 Å². The predicted octanol–water partition coefficient (Wildman–Crippen LogP) is 2.11. The summed E-state index contributed by atoms with van der Waals surface area (Å²) in [5.41, 5.74) is 1.09. The fourth-order valence-electron chi connectivity index (χ4n) is 2.25. The second-order valence-corrected chi connectivity index (χ2v) is 4.62. The number of benzene rings is 1. The van der Waals surface area contributed by atoms with Crippen LogP contribution in [0.15, 0.2) is 30.0 Å². The molecule has 3 rings (SSSR count). The molecule has 19 heavy (non-hydrogen) atoms. The molecular formula is C14H14O5. The van der Waals surface area contributed by atoms with E-state index in [1.165, 1.54) is 0 Å². The zero-order valence-electron chi connectivity index (χ0n) is 10.3. The fourth-order valence-corrected chi connectivity index (χ4v) is 2.25. The Labute approximate surface area is 110 Å². The monoisotopic (exact) mass is 262 g/mol. The van der Waals surface area contributed by atoms with E-state index >= 15 is 0 Å². The first kappa shape index (κ1) is 11.9. The number of fused-ring (bicyclic) bond motifs is 1. The van der Waals surface area contributed by atoms with E-state index in [0.29, 0.717) is 12.8 Å². The molecule has 0 aliphatic carbocycles. The van der Waals surface area contributed by atoms with Crippen molar-refractivity contribution in [2.75, 3.05) is 6.79 Å². The number of carbonyl (C=O) groups is 1. The lowest BCUT2D eigenvalue weighted by atomic mass is 10.0. The summed E-state index contributed by atoms with van der Waals surface area (Å²) in [6, 6.07) is 5.78. The van der Waals surface area contributed by atoms with Crippen molar-refractivity contribution in [3.8, 4) is 11.5 Å². The number of ether oxygens (including phenoxy) is 3. The van der Waals surface area contributed by atoms with Gasteiger partial charge < -0.3 is 19.3 Å². The minimum absolute atomic E-state index is 0.0898. The molecule has 0 aromatic heterocycles. The van der Waals surface area contributed by atoms with Gasteiger partial charge >= 0.3 is 5.97 Å². The Morgan fingerprint density at radius 3 is 2.95 bits per heavy atom. The molecule has 100 valence electrons. The Hall–Kier alpha value is -2.17. The first-order valence-electron chi connectivity index (χ1n) is 6.19. The summed E-state index contributed by atoms with van der Waals surface area (Å²) in [6.07, 6.45) is 2.67. The Morgan fingerprint density at radius 1 is 1.26 bits per heavy atom. The Kier molecular flexibility index (Phi) is 3.03. The van der Waals surface area contributed by atoms with Crippen LogP contribution in [-0.2, 0) is 16.0 Å². The molecule has 1 unspecified atom stereocenters. The van der Waals surface area contributed by atoms with Gasteiger partial charge in [0, 0.05) is 6.42 Å². The number of hydrogen-bond donors (Lipinski definition) is 1. The van der Waals surface area contributed by atoms with Crippen LogP contribution < -0.4 is 9.47 Å². The van der Waals surface area contributed by atoms with Crippen molar-refractivity contribution in [1.82, 2.24) is 0 Å². The van der Waals surface area contributed by atoms with Crippen molar-refractivity contribution in [2.45, 2.75) is 25.4 Å². The van der Waals surface area contributed by atoms with Crippen LogP contribution in [0.3, 0.4) is 0 Å². The van der Waals surface area contributed by atoms with E-state index in [9.17, 15) is 9.90 Å². The van der Waals surface area contributed by atoms with Crippen molar-refractivity contribution in [1.29, 1.82) is 0 Å². The third-order valence-corrected chi connectivity index (χ3v) is 3.20. The Balaban J connectivity index is 1.61. The highest BCUT2D eigenvalue weighted by molar-refractivity contribution is 5.83. The lowest BCUT2D eigenvalue weighted by Crippen LogP contribution is -2.23. The quantitative estimate of drug-likeness (QED) is 0.845. The largest absolute Gasteiger partial charge is 0.512 e. The van der Waals surface area contributed by atoms with Crippen molar-refractivity contribution >= 4 is 5.97 Å².